The molecular weight excluding hydrogens is 562 g/mol. The first-order chi connectivity index (χ1) is 15.2. The largest absolute Gasteiger partial charge is 0.506 e. The Hall–Kier alpha value is -2.46. The average Bonchev–Trinajstić information content (AvgIpc) is 3.10. The molecule has 32 heavy (non-hydrogen) atoms. The minimum absolute atomic E-state index is 0.0120. The van der Waals surface area contributed by atoms with Crippen molar-refractivity contribution in [3.8, 4) is 5.75 Å². The van der Waals surface area contributed by atoms with Crippen LogP contribution in [0.1, 0.15) is 27.2 Å². The van der Waals surface area contributed by atoms with Gasteiger partial charge in [0.1, 0.15) is 17.1 Å². The number of benzene rings is 3. The minimum atomic E-state index is -3.64. The molecular formula is C23H17Br2NO5S. The highest BCUT2D eigenvalue weighted by atomic mass is 79.9. The summed E-state index contributed by atoms with van der Waals surface area (Å²) in [4.78, 5) is 13.4. The van der Waals surface area contributed by atoms with E-state index in [9.17, 15) is 18.3 Å². The van der Waals surface area contributed by atoms with Crippen molar-refractivity contribution in [2.24, 2.45) is 0 Å². The zero-order chi connectivity index (χ0) is 23.0. The Morgan fingerprint density at radius 1 is 1.03 bits per heavy atom. The Labute approximate surface area is 201 Å². The maximum absolute atomic E-state index is 13.2. The van der Waals surface area contributed by atoms with Crippen LogP contribution in [0, 0.1) is 6.92 Å². The lowest BCUT2D eigenvalue weighted by atomic mass is 10.00. The lowest BCUT2D eigenvalue weighted by Gasteiger charge is -2.07. The molecule has 1 aromatic heterocycles. The van der Waals surface area contributed by atoms with Crippen LogP contribution in [0.2, 0.25) is 0 Å². The Kier molecular flexibility index (Phi) is 6.26. The van der Waals surface area contributed by atoms with E-state index < -0.39 is 10.0 Å². The van der Waals surface area contributed by atoms with E-state index in [1.807, 2.05) is 0 Å². The first kappa shape index (κ1) is 22.7. The highest BCUT2D eigenvalue weighted by molar-refractivity contribution is 9.11. The lowest BCUT2D eigenvalue weighted by Crippen LogP contribution is -2.23. The third kappa shape index (κ3) is 4.38. The number of halogens is 2. The van der Waals surface area contributed by atoms with E-state index in [0.29, 0.717) is 42.4 Å². The van der Waals surface area contributed by atoms with Gasteiger partial charge in [-0.1, -0.05) is 30.3 Å². The molecule has 0 aliphatic carbocycles. The summed E-state index contributed by atoms with van der Waals surface area (Å²) in [5.74, 6) is 0.213. The number of phenols is 1. The quantitative estimate of drug-likeness (QED) is 0.287. The van der Waals surface area contributed by atoms with Gasteiger partial charge in [0.15, 0.2) is 5.78 Å². The molecule has 0 unspecified atom stereocenters. The molecule has 6 nitrogen and oxygen atoms in total. The van der Waals surface area contributed by atoms with Gasteiger partial charge < -0.3 is 9.52 Å². The van der Waals surface area contributed by atoms with Gasteiger partial charge in [0.05, 0.1) is 19.4 Å². The number of aryl methyl sites for hydroxylation is 1. The SMILES string of the molecule is Cc1oc2cc(CNS(=O)(=O)c3ccccc3)ccc2c1C(=O)c1cc(Br)c(O)c(Br)c1. The Bertz CT molecular complexity index is 1420. The van der Waals surface area contributed by atoms with Gasteiger partial charge >= 0.3 is 0 Å². The van der Waals surface area contributed by atoms with Crippen molar-refractivity contribution in [3.63, 3.8) is 0 Å². The summed E-state index contributed by atoms with van der Waals surface area (Å²) < 4.78 is 34.1. The van der Waals surface area contributed by atoms with Crippen molar-refractivity contribution in [3.05, 3.63) is 92.1 Å². The third-order valence-corrected chi connectivity index (χ3v) is 7.58. The standard InChI is InChI=1S/C23H17Br2NO5S/c1-13-21(22(27)15-10-18(24)23(28)19(25)11-15)17-8-7-14(9-20(17)31-13)12-26-32(29,30)16-5-3-2-4-6-16/h2-11,26,28H,12H2,1H3. The molecule has 0 radical (unpaired) electrons. The second-order valence-corrected chi connectivity index (χ2v) is 10.6. The third-order valence-electron chi connectivity index (χ3n) is 4.96. The van der Waals surface area contributed by atoms with Gasteiger partial charge in [-0.2, -0.15) is 0 Å². The van der Waals surface area contributed by atoms with E-state index >= 15 is 0 Å². The van der Waals surface area contributed by atoms with Gasteiger partial charge in [0.2, 0.25) is 10.0 Å². The number of sulfonamides is 1. The molecule has 4 aromatic rings. The molecule has 0 fully saturated rings. The monoisotopic (exact) mass is 577 g/mol. The zero-order valence-corrected chi connectivity index (χ0v) is 20.7. The maximum Gasteiger partial charge on any atom is 0.240 e. The topological polar surface area (TPSA) is 96.6 Å². The Morgan fingerprint density at radius 3 is 2.34 bits per heavy atom. The number of rotatable bonds is 6. The second kappa shape index (κ2) is 8.82. The minimum Gasteiger partial charge on any atom is -0.506 e. The molecule has 0 saturated carbocycles. The van der Waals surface area contributed by atoms with Crippen LogP contribution in [0.25, 0.3) is 11.0 Å². The van der Waals surface area contributed by atoms with Gasteiger partial charge in [-0.25, -0.2) is 13.1 Å². The smallest absolute Gasteiger partial charge is 0.240 e. The van der Waals surface area contributed by atoms with Crippen LogP contribution >= 0.6 is 31.9 Å². The number of carbonyl (C=O) groups excluding carboxylic acids is 1. The van der Waals surface area contributed by atoms with Crippen molar-refractivity contribution in [2.75, 3.05) is 0 Å². The van der Waals surface area contributed by atoms with E-state index in [-0.39, 0.29) is 23.0 Å². The normalized spacial score (nSPS) is 11.7. The Morgan fingerprint density at radius 2 is 1.69 bits per heavy atom. The van der Waals surface area contributed by atoms with Crippen LogP contribution in [0.5, 0.6) is 5.75 Å². The molecule has 2 N–H and O–H groups in total. The summed E-state index contributed by atoms with van der Waals surface area (Å²) in [5.41, 5.74) is 1.98. The molecule has 3 aromatic carbocycles. The van der Waals surface area contributed by atoms with Crippen molar-refractivity contribution in [1.82, 2.24) is 4.72 Å². The highest BCUT2D eigenvalue weighted by Gasteiger charge is 2.22. The van der Waals surface area contributed by atoms with Crippen LogP contribution in [-0.4, -0.2) is 19.3 Å². The van der Waals surface area contributed by atoms with Crippen molar-refractivity contribution in [1.29, 1.82) is 0 Å². The first-order valence-electron chi connectivity index (χ1n) is 9.47. The number of nitrogens with one attached hydrogen (secondary N) is 1. The number of hydrogen-bond donors (Lipinski definition) is 2. The van der Waals surface area contributed by atoms with E-state index in [1.165, 1.54) is 12.1 Å². The fraction of sp³-hybridized carbons (Fsp3) is 0.0870. The summed E-state index contributed by atoms with van der Waals surface area (Å²) in [7, 11) is -3.64. The molecule has 0 amide bonds. The van der Waals surface area contributed by atoms with Gasteiger partial charge in [-0.3, -0.25) is 4.79 Å². The molecule has 0 spiro atoms. The van der Waals surface area contributed by atoms with E-state index in [4.69, 9.17) is 4.42 Å². The van der Waals surface area contributed by atoms with Gasteiger partial charge in [0.25, 0.3) is 0 Å². The molecule has 9 heteroatoms. The molecule has 4 rings (SSSR count). The number of furan rings is 1. The number of carbonyl (C=O) groups is 1. The van der Waals surface area contributed by atoms with Crippen LogP contribution in [-0.2, 0) is 16.6 Å². The van der Waals surface area contributed by atoms with Crippen LogP contribution in [0.4, 0.5) is 0 Å². The zero-order valence-electron chi connectivity index (χ0n) is 16.7. The second-order valence-electron chi connectivity index (χ2n) is 7.12. The van der Waals surface area contributed by atoms with E-state index in [0.717, 1.165) is 0 Å². The van der Waals surface area contributed by atoms with E-state index in [2.05, 4.69) is 36.6 Å². The van der Waals surface area contributed by atoms with E-state index in [1.54, 1.807) is 55.5 Å². The average molecular weight is 579 g/mol. The fourth-order valence-electron chi connectivity index (χ4n) is 3.36. The number of fused-ring (bicyclic) bond motifs is 1. The molecule has 164 valence electrons. The van der Waals surface area contributed by atoms with Crippen molar-refractivity contribution in [2.45, 2.75) is 18.4 Å². The number of phenolic OH excluding ortho intramolecular Hbond substituents is 1. The van der Waals surface area contributed by atoms with Gasteiger partial charge in [-0.15, -0.1) is 0 Å². The summed E-state index contributed by atoms with van der Waals surface area (Å²) >= 11 is 6.49. The summed E-state index contributed by atoms with van der Waals surface area (Å²) in [6.45, 7) is 1.78. The number of ketones is 1. The molecule has 0 atom stereocenters. The predicted molar refractivity (Wildman–Crippen MR) is 128 cm³/mol. The van der Waals surface area contributed by atoms with Crippen LogP contribution in [0.3, 0.4) is 0 Å². The predicted octanol–water partition coefficient (Wildman–Crippen LogP) is 5.68. The van der Waals surface area contributed by atoms with Crippen molar-refractivity contribution < 1.29 is 22.7 Å². The molecule has 0 bridgehead atoms. The van der Waals surface area contributed by atoms with Crippen molar-refractivity contribution >= 4 is 58.6 Å². The van der Waals surface area contributed by atoms with Gasteiger partial charge in [-0.05, 0) is 74.7 Å². The Balaban J connectivity index is 1.63. The molecule has 0 aliphatic rings. The maximum atomic E-state index is 13.2. The summed E-state index contributed by atoms with van der Waals surface area (Å²) in [6.07, 6.45) is 0. The lowest BCUT2D eigenvalue weighted by molar-refractivity contribution is 0.103. The highest BCUT2D eigenvalue weighted by Crippen LogP contribution is 2.35. The fourth-order valence-corrected chi connectivity index (χ4v) is 5.58. The van der Waals surface area contributed by atoms with Crippen LogP contribution in [0.15, 0.2) is 78.9 Å². The number of hydrogen-bond acceptors (Lipinski definition) is 5. The number of aromatic hydroxyl groups is 1. The molecule has 0 aliphatic heterocycles. The van der Waals surface area contributed by atoms with Crippen LogP contribution < -0.4 is 4.72 Å². The first-order valence-corrected chi connectivity index (χ1v) is 12.5. The summed E-state index contributed by atoms with van der Waals surface area (Å²) in [5, 5.41) is 10.5. The summed E-state index contributed by atoms with van der Waals surface area (Å²) in [6, 6.07) is 16.4. The molecule has 1 heterocycles. The van der Waals surface area contributed by atoms with Gasteiger partial charge in [0, 0.05) is 17.5 Å². The molecule has 0 saturated heterocycles.